The van der Waals surface area contributed by atoms with Crippen LogP contribution in [-0.2, 0) is 20.7 Å². The number of carbonyl (C=O) groups is 2. The Morgan fingerprint density at radius 1 is 1.70 bits per heavy atom. The van der Waals surface area contributed by atoms with Crippen molar-refractivity contribution in [2.24, 2.45) is 5.73 Å². The minimum absolute atomic E-state index is 0.228. The molecular formula is C12H18N4O3S. The lowest BCUT2D eigenvalue weighted by Crippen LogP contribution is -2.59. The zero-order chi connectivity index (χ0) is 14.5. The number of methoxy groups -OCH3 is 1. The summed E-state index contributed by atoms with van der Waals surface area (Å²) in [5.41, 5.74) is 8.79. The van der Waals surface area contributed by atoms with Crippen molar-refractivity contribution in [1.29, 1.82) is 0 Å². The van der Waals surface area contributed by atoms with E-state index in [0.717, 1.165) is 11.4 Å². The standard InChI is InChI=1S/C12H18N4O3S/c1-19-12(18)9-3-2-5-16(15-9)11(17)8(13)7-10-14-4-6-20-10/h4,6,8-9,15H,2-3,5,7,13H2,1H3. The monoisotopic (exact) mass is 298 g/mol. The Labute approximate surface area is 121 Å². The highest BCUT2D eigenvalue weighted by atomic mass is 32.1. The first-order chi connectivity index (χ1) is 9.61. The van der Waals surface area contributed by atoms with Crippen LogP contribution in [0.3, 0.4) is 0 Å². The van der Waals surface area contributed by atoms with Crippen LogP contribution < -0.4 is 11.2 Å². The number of nitrogens with two attached hydrogens (primary N) is 1. The Bertz CT molecular complexity index is 465. The number of carbonyl (C=O) groups excluding carboxylic acids is 2. The Morgan fingerprint density at radius 2 is 2.50 bits per heavy atom. The molecule has 1 amide bonds. The van der Waals surface area contributed by atoms with Gasteiger partial charge in [0.2, 0.25) is 0 Å². The minimum atomic E-state index is -0.662. The van der Waals surface area contributed by atoms with Gasteiger partial charge in [0, 0.05) is 24.5 Å². The van der Waals surface area contributed by atoms with Gasteiger partial charge in [-0.1, -0.05) is 0 Å². The lowest BCUT2D eigenvalue weighted by atomic mass is 10.1. The van der Waals surface area contributed by atoms with Gasteiger partial charge in [0.1, 0.15) is 6.04 Å². The van der Waals surface area contributed by atoms with E-state index in [-0.39, 0.29) is 11.9 Å². The molecule has 7 nitrogen and oxygen atoms in total. The molecule has 110 valence electrons. The molecule has 20 heavy (non-hydrogen) atoms. The van der Waals surface area contributed by atoms with Gasteiger partial charge in [-0.05, 0) is 12.8 Å². The Morgan fingerprint density at radius 3 is 3.15 bits per heavy atom. The maximum atomic E-state index is 12.2. The zero-order valence-corrected chi connectivity index (χ0v) is 12.1. The van der Waals surface area contributed by atoms with E-state index >= 15 is 0 Å². The number of nitrogens with one attached hydrogen (secondary N) is 1. The zero-order valence-electron chi connectivity index (χ0n) is 11.2. The number of hydrazine groups is 1. The molecule has 8 heteroatoms. The molecule has 0 aliphatic carbocycles. The highest BCUT2D eigenvalue weighted by Crippen LogP contribution is 2.12. The van der Waals surface area contributed by atoms with Gasteiger partial charge < -0.3 is 10.5 Å². The molecule has 1 aliphatic rings. The molecule has 1 aromatic rings. The van der Waals surface area contributed by atoms with Gasteiger partial charge in [-0.25, -0.2) is 10.4 Å². The van der Waals surface area contributed by atoms with Crippen molar-refractivity contribution in [2.45, 2.75) is 31.3 Å². The van der Waals surface area contributed by atoms with Crippen LogP contribution in [0.4, 0.5) is 0 Å². The van der Waals surface area contributed by atoms with Gasteiger partial charge in [0.05, 0.1) is 18.2 Å². The number of hydrogen-bond donors (Lipinski definition) is 2. The van der Waals surface area contributed by atoms with Gasteiger partial charge >= 0.3 is 5.97 Å². The molecule has 2 rings (SSSR count). The predicted molar refractivity (Wildman–Crippen MR) is 73.7 cm³/mol. The SMILES string of the molecule is COC(=O)C1CCCN(C(=O)C(N)Cc2nccs2)N1. The number of rotatable bonds is 4. The molecule has 2 unspecified atom stereocenters. The fraction of sp³-hybridized carbons (Fsp3) is 0.583. The number of aromatic nitrogens is 1. The van der Waals surface area contributed by atoms with Crippen LogP contribution in [0.5, 0.6) is 0 Å². The van der Waals surface area contributed by atoms with E-state index in [1.165, 1.54) is 23.5 Å². The summed E-state index contributed by atoms with van der Waals surface area (Å²) in [4.78, 5) is 27.9. The summed E-state index contributed by atoms with van der Waals surface area (Å²) >= 11 is 1.47. The maximum absolute atomic E-state index is 12.2. The van der Waals surface area contributed by atoms with Crippen LogP contribution in [0.2, 0.25) is 0 Å². The van der Waals surface area contributed by atoms with E-state index in [9.17, 15) is 9.59 Å². The summed E-state index contributed by atoms with van der Waals surface area (Å²) < 4.78 is 4.68. The van der Waals surface area contributed by atoms with Crippen molar-refractivity contribution in [2.75, 3.05) is 13.7 Å². The van der Waals surface area contributed by atoms with Crippen LogP contribution in [0.1, 0.15) is 17.8 Å². The topological polar surface area (TPSA) is 97.5 Å². The van der Waals surface area contributed by atoms with Crippen LogP contribution in [-0.4, -0.2) is 47.6 Å². The molecule has 0 saturated carbocycles. The summed E-state index contributed by atoms with van der Waals surface area (Å²) in [5.74, 6) is -0.593. The number of nitrogens with zero attached hydrogens (tertiary/aromatic N) is 2. The molecule has 1 aliphatic heterocycles. The van der Waals surface area contributed by atoms with Crippen molar-refractivity contribution in [1.82, 2.24) is 15.4 Å². The largest absolute Gasteiger partial charge is 0.468 e. The van der Waals surface area contributed by atoms with E-state index in [4.69, 9.17) is 5.73 Å². The third-order valence-corrected chi connectivity index (χ3v) is 3.94. The average Bonchev–Trinajstić information content (AvgIpc) is 2.98. The molecule has 0 radical (unpaired) electrons. The molecule has 1 fully saturated rings. The van der Waals surface area contributed by atoms with Crippen LogP contribution in [0, 0.1) is 0 Å². The van der Waals surface area contributed by atoms with Crippen molar-refractivity contribution in [3.8, 4) is 0 Å². The fourth-order valence-electron chi connectivity index (χ4n) is 2.09. The number of hydrogen-bond acceptors (Lipinski definition) is 7. The molecule has 0 aromatic carbocycles. The minimum Gasteiger partial charge on any atom is -0.468 e. The third-order valence-electron chi connectivity index (χ3n) is 3.13. The molecular weight excluding hydrogens is 280 g/mol. The Hall–Kier alpha value is -1.51. The summed E-state index contributed by atoms with van der Waals surface area (Å²) in [6.07, 6.45) is 3.47. The van der Waals surface area contributed by atoms with Crippen LogP contribution in [0.25, 0.3) is 0 Å². The van der Waals surface area contributed by atoms with Gasteiger partial charge in [0.25, 0.3) is 5.91 Å². The first-order valence-electron chi connectivity index (χ1n) is 6.41. The van der Waals surface area contributed by atoms with Crippen molar-refractivity contribution in [3.05, 3.63) is 16.6 Å². The average molecular weight is 298 g/mol. The highest BCUT2D eigenvalue weighted by molar-refractivity contribution is 7.09. The third kappa shape index (κ3) is 3.53. The first-order valence-corrected chi connectivity index (χ1v) is 7.29. The molecule has 1 aromatic heterocycles. The number of amides is 1. The van der Waals surface area contributed by atoms with Gasteiger partial charge in [-0.2, -0.15) is 0 Å². The molecule has 0 bridgehead atoms. The molecule has 1 saturated heterocycles. The Kier molecular flexibility index (Phi) is 5.05. The predicted octanol–water partition coefficient (Wildman–Crippen LogP) is -0.318. The normalized spacial score (nSPS) is 20.5. The fourth-order valence-corrected chi connectivity index (χ4v) is 2.76. The molecule has 2 atom stereocenters. The second-order valence-electron chi connectivity index (χ2n) is 4.57. The van der Waals surface area contributed by atoms with E-state index in [1.807, 2.05) is 5.38 Å². The molecule has 0 spiro atoms. The number of ether oxygens (including phenoxy) is 1. The molecule has 2 heterocycles. The van der Waals surface area contributed by atoms with Gasteiger partial charge in [0.15, 0.2) is 0 Å². The summed E-state index contributed by atoms with van der Waals surface area (Å²) in [5, 5.41) is 4.09. The van der Waals surface area contributed by atoms with Gasteiger partial charge in [-0.15, -0.1) is 11.3 Å². The van der Waals surface area contributed by atoms with Crippen molar-refractivity contribution < 1.29 is 14.3 Å². The van der Waals surface area contributed by atoms with E-state index < -0.39 is 12.1 Å². The van der Waals surface area contributed by atoms with Crippen molar-refractivity contribution >= 4 is 23.2 Å². The smallest absolute Gasteiger partial charge is 0.324 e. The van der Waals surface area contributed by atoms with Crippen LogP contribution >= 0.6 is 11.3 Å². The van der Waals surface area contributed by atoms with E-state index in [2.05, 4.69) is 15.1 Å². The number of esters is 1. The second-order valence-corrected chi connectivity index (χ2v) is 5.55. The summed E-state index contributed by atoms with van der Waals surface area (Å²) in [7, 11) is 1.33. The van der Waals surface area contributed by atoms with Crippen molar-refractivity contribution in [3.63, 3.8) is 0 Å². The highest BCUT2D eigenvalue weighted by Gasteiger charge is 2.30. The Balaban J connectivity index is 1.92. The van der Waals surface area contributed by atoms with E-state index in [0.29, 0.717) is 19.4 Å². The quantitative estimate of drug-likeness (QED) is 0.740. The van der Waals surface area contributed by atoms with Gasteiger partial charge in [-0.3, -0.25) is 14.6 Å². The maximum Gasteiger partial charge on any atom is 0.324 e. The molecule has 3 N–H and O–H groups in total. The lowest BCUT2D eigenvalue weighted by molar-refractivity contribution is -0.149. The number of thiazole rings is 1. The summed E-state index contributed by atoms with van der Waals surface area (Å²) in [6.45, 7) is 0.540. The lowest BCUT2D eigenvalue weighted by Gasteiger charge is -2.33. The second kappa shape index (κ2) is 6.78. The van der Waals surface area contributed by atoms with E-state index in [1.54, 1.807) is 6.20 Å². The first kappa shape index (κ1) is 14.9. The summed E-state index contributed by atoms with van der Waals surface area (Å²) in [6, 6.07) is -1.14. The van der Waals surface area contributed by atoms with Crippen LogP contribution in [0.15, 0.2) is 11.6 Å².